The lowest BCUT2D eigenvalue weighted by Crippen LogP contribution is -2.42. The van der Waals surface area contributed by atoms with E-state index in [0.717, 1.165) is 62.7 Å². The Kier molecular flexibility index (Phi) is 7.98. The van der Waals surface area contributed by atoms with Gasteiger partial charge in [-0.3, -0.25) is 0 Å². The van der Waals surface area contributed by atoms with Crippen molar-refractivity contribution in [2.24, 2.45) is 11.8 Å². The second kappa shape index (κ2) is 11.4. The van der Waals surface area contributed by atoms with Gasteiger partial charge in [0.05, 0.1) is 11.2 Å². The van der Waals surface area contributed by atoms with E-state index in [2.05, 4.69) is 26.1 Å². The lowest BCUT2D eigenvalue weighted by atomic mass is 9.76. The van der Waals surface area contributed by atoms with Crippen LogP contribution in [0.2, 0.25) is 0 Å². The van der Waals surface area contributed by atoms with Crippen molar-refractivity contribution in [1.82, 2.24) is 20.0 Å². The maximum absolute atomic E-state index is 12.7. The summed E-state index contributed by atoms with van der Waals surface area (Å²) in [6, 6.07) is 13.3. The van der Waals surface area contributed by atoms with Crippen molar-refractivity contribution in [1.29, 1.82) is 0 Å². The normalized spacial score (nSPS) is 24.0. The van der Waals surface area contributed by atoms with Crippen LogP contribution in [0.25, 0.3) is 0 Å². The summed E-state index contributed by atoms with van der Waals surface area (Å²) in [5, 5.41) is 13.9. The Morgan fingerprint density at radius 1 is 1.03 bits per heavy atom. The largest absolute Gasteiger partial charge is 0.508 e. The molecule has 2 unspecified atom stereocenters. The van der Waals surface area contributed by atoms with Crippen LogP contribution in [0.15, 0.2) is 59.9 Å². The molecule has 0 amide bonds. The molecule has 8 heteroatoms. The minimum atomic E-state index is -3.47. The lowest BCUT2D eigenvalue weighted by molar-refractivity contribution is 0.252. The van der Waals surface area contributed by atoms with Gasteiger partial charge in [0.15, 0.2) is 0 Å². The molecule has 1 fully saturated rings. The first-order valence-electron chi connectivity index (χ1n) is 13.5. The zero-order valence-corrected chi connectivity index (χ0v) is 22.3. The summed E-state index contributed by atoms with van der Waals surface area (Å²) in [5.74, 6) is 1.66. The molecule has 0 aliphatic heterocycles. The summed E-state index contributed by atoms with van der Waals surface area (Å²) < 4.78 is 28.3. The summed E-state index contributed by atoms with van der Waals surface area (Å²) in [5.41, 5.74) is 4.47. The van der Waals surface area contributed by atoms with E-state index >= 15 is 0 Å². The number of fused-ring (bicyclic) bond motifs is 1. The monoisotopic (exact) mass is 522 g/mol. The molecule has 1 aromatic heterocycles. The molecule has 0 radical (unpaired) electrons. The van der Waals surface area contributed by atoms with Gasteiger partial charge in [0.25, 0.3) is 0 Å². The van der Waals surface area contributed by atoms with Gasteiger partial charge in [0, 0.05) is 30.4 Å². The van der Waals surface area contributed by atoms with Crippen LogP contribution in [0.1, 0.15) is 60.4 Å². The van der Waals surface area contributed by atoms with Gasteiger partial charge < -0.3 is 15.4 Å². The quantitative estimate of drug-likeness (QED) is 0.332. The second-order valence-electron chi connectivity index (χ2n) is 10.8. The van der Waals surface area contributed by atoms with Crippen molar-refractivity contribution in [2.75, 3.05) is 13.1 Å². The van der Waals surface area contributed by atoms with Crippen molar-refractivity contribution in [3.8, 4) is 5.75 Å². The molecular formula is C29H38N4O3S. The van der Waals surface area contributed by atoms with E-state index in [1.54, 1.807) is 24.5 Å². The number of nitrogens with zero attached hydrogens (tertiary/aromatic N) is 1. The van der Waals surface area contributed by atoms with Crippen LogP contribution in [-0.2, 0) is 22.9 Å². The molecule has 1 saturated carbocycles. The Morgan fingerprint density at radius 2 is 1.78 bits per heavy atom. The second-order valence-corrected chi connectivity index (χ2v) is 12.6. The number of aromatic hydroxyl groups is 1. The van der Waals surface area contributed by atoms with Gasteiger partial charge in [0.1, 0.15) is 5.75 Å². The SMILES string of the molecule is Cc1ccccc1S(=O)(=O)NCC1CCC(CNC2CCc3cc(O)ccc3C2Cc2cnc[nH]2)CC1. The molecule has 3 aromatic rings. The average molecular weight is 523 g/mol. The van der Waals surface area contributed by atoms with Crippen LogP contribution in [-0.4, -0.2) is 42.6 Å². The van der Waals surface area contributed by atoms with E-state index in [-0.39, 0.29) is 0 Å². The van der Waals surface area contributed by atoms with Crippen molar-refractivity contribution in [3.63, 3.8) is 0 Å². The highest BCUT2D eigenvalue weighted by atomic mass is 32.2. The average Bonchev–Trinajstić information content (AvgIpc) is 3.41. The molecule has 5 rings (SSSR count). The first-order valence-corrected chi connectivity index (χ1v) is 14.9. The van der Waals surface area contributed by atoms with Gasteiger partial charge in [-0.25, -0.2) is 18.1 Å². The van der Waals surface area contributed by atoms with Crippen LogP contribution in [0, 0.1) is 18.8 Å². The Bertz CT molecular complexity index is 1280. The molecule has 2 atom stereocenters. The molecule has 4 N–H and O–H groups in total. The number of hydrogen-bond donors (Lipinski definition) is 4. The molecule has 0 saturated heterocycles. The molecule has 7 nitrogen and oxygen atoms in total. The molecule has 1 heterocycles. The Morgan fingerprint density at radius 3 is 2.51 bits per heavy atom. The summed E-state index contributed by atoms with van der Waals surface area (Å²) >= 11 is 0. The van der Waals surface area contributed by atoms with E-state index in [1.807, 2.05) is 31.3 Å². The van der Waals surface area contributed by atoms with Gasteiger partial charge in [0.2, 0.25) is 10.0 Å². The first kappa shape index (κ1) is 25.9. The standard InChI is InChI=1S/C29H38N4O3S/c1-20-4-2-3-5-29(20)37(35,36)33-17-22-8-6-21(7-9-22)16-31-28-13-10-23-14-25(34)11-12-26(23)27(28)15-24-18-30-19-32-24/h2-5,11-12,14,18-19,21-22,27-28,31,33-34H,6-10,13,15-17H2,1H3,(H,30,32). The molecule has 0 bridgehead atoms. The third-order valence-corrected chi connectivity index (χ3v) is 9.90. The summed E-state index contributed by atoms with van der Waals surface area (Å²) in [4.78, 5) is 7.84. The van der Waals surface area contributed by atoms with Gasteiger partial charge in [-0.15, -0.1) is 0 Å². The predicted molar refractivity (Wildman–Crippen MR) is 145 cm³/mol. The molecule has 0 spiro atoms. The number of benzene rings is 2. The van der Waals surface area contributed by atoms with Gasteiger partial charge >= 0.3 is 0 Å². The topological polar surface area (TPSA) is 107 Å². The third-order valence-electron chi connectivity index (χ3n) is 8.31. The molecule has 2 aliphatic carbocycles. The fourth-order valence-corrected chi connectivity index (χ4v) is 7.51. The van der Waals surface area contributed by atoms with Crippen LogP contribution in [0.5, 0.6) is 5.75 Å². The number of sulfonamides is 1. The van der Waals surface area contributed by atoms with Gasteiger partial charge in [-0.05, 0) is 105 Å². The fraction of sp³-hybridized carbons (Fsp3) is 0.483. The Balaban J connectivity index is 1.14. The molecule has 198 valence electrons. The maximum atomic E-state index is 12.7. The van der Waals surface area contributed by atoms with E-state index < -0.39 is 10.0 Å². The number of imidazole rings is 1. The van der Waals surface area contributed by atoms with Crippen molar-refractivity contribution >= 4 is 10.0 Å². The van der Waals surface area contributed by atoms with Crippen LogP contribution in [0.3, 0.4) is 0 Å². The van der Waals surface area contributed by atoms with E-state index in [1.165, 1.54) is 11.1 Å². The summed E-state index contributed by atoms with van der Waals surface area (Å²) in [6.45, 7) is 3.33. The highest BCUT2D eigenvalue weighted by Crippen LogP contribution is 2.36. The number of aryl methyl sites for hydroxylation is 2. The number of aromatic amines is 1. The minimum absolute atomic E-state index is 0.331. The summed E-state index contributed by atoms with van der Waals surface area (Å²) in [6.07, 6.45) is 10.9. The fourth-order valence-electron chi connectivity index (χ4n) is 6.15. The highest BCUT2D eigenvalue weighted by molar-refractivity contribution is 7.89. The number of phenolic OH excluding ortho intramolecular Hbond substituents is 1. The van der Waals surface area contributed by atoms with Crippen molar-refractivity contribution in [3.05, 3.63) is 77.4 Å². The van der Waals surface area contributed by atoms with Gasteiger partial charge in [-0.2, -0.15) is 0 Å². The van der Waals surface area contributed by atoms with Gasteiger partial charge in [-0.1, -0.05) is 24.3 Å². The number of phenols is 1. The first-order chi connectivity index (χ1) is 17.9. The van der Waals surface area contributed by atoms with Crippen LogP contribution < -0.4 is 10.0 Å². The number of hydrogen-bond acceptors (Lipinski definition) is 5. The smallest absolute Gasteiger partial charge is 0.240 e. The zero-order chi connectivity index (χ0) is 25.8. The van der Waals surface area contributed by atoms with Crippen LogP contribution >= 0.6 is 0 Å². The Labute approximate surface area is 220 Å². The van der Waals surface area contributed by atoms with Crippen LogP contribution in [0.4, 0.5) is 0 Å². The number of nitrogens with one attached hydrogen (secondary N) is 3. The molecule has 37 heavy (non-hydrogen) atoms. The van der Waals surface area contributed by atoms with Crippen molar-refractivity contribution in [2.45, 2.75) is 68.7 Å². The van der Waals surface area contributed by atoms with E-state index in [0.29, 0.717) is 41.0 Å². The van der Waals surface area contributed by atoms with E-state index in [4.69, 9.17) is 0 Å². The Hall–Kier alpha value is -2.68. The third kappa shape index (κ3) is 6.25. The molecule has 2 aromatic carbocycles. The number of H-pyrrole nitrogens is 1. The minimum Gasteiger partial charge on any atom is -0.508 e. The maximum Gasteiger partial charge on any atom is 0.240 e. The molecule has 2 aliphatic rings. The predicted octanol–water partition coefficient (Wildman–Crippen LogP) is 4.44. The number of rotatable bonds is 9. The lowest BCUT2D eigenvalue weighted by Gasteiger charge is -2.36. The number of aromatic nitrogens is 2. The molecular weight excluding hydrogens is 484 g/mol. The van der Waals surface area contributed by atoms with Crippen molar-refractivity contribution < 1.29 is 13.5 Å². The highest BCUT2D eigenvalue weighted by Gasteiger charge is 2.31. The zero-order valence-electron chi connectivity index (χ0n) is 21.5. The van der Waals surface area contributed by atoms with E-state index in [9.17, 15) is 13.5 Å². The summed E-state index contributed by atoms with van der Waals surface area (Å²) in [7, 11) is -3.47.